The highest BCUT2D eigenvalue weighted by Crippen LogP contribution is 2.33. The molecule has 1 unspecified atom stereocenters. The van der Waals surface area contributed by atoms with E-state index in [4.69, 9.17) is 9.47 Å². The van der Waals surface area contributed by atoms with Crippen LogP contribution in [0.1, 0.15) is 30.7 Å². The van der Waals surface area contributed by atoms with E-state index in [0.717, 1.165) is 17.0 Å². The van der Waals surface area contributed by atoms with Crippen molar-refractivity contribution in [2.45, 2.75) is 43.9 Å². The predicted octanol–water partition coefficient (Wildman–Crippen LogP) is 4.80. The van der Waals surface area contributed by atoms with Crippen molar-refractivity contribution < 1.29 is 14.3 Å². The van der Waals surface area contributed by atoms with E-state index in [1.165, 1.54) is 5.56 Å². The van der Waals surface area contributed by atoms with E-state index >= 15 is 0 Å². The summed E-state index contributed by atoms with van der Waals surface area (Å²) in [4.78, 5) is 27.1. The number of carbonyl (C=O) groups is 1. The van der Waals surface area contributed by atoms with E-state index in [-0.39, 0.29) is 12.5 Å². The lowest BCUT2D eigenvalue weighted by Crippen LogP contribution is -2.51. The van der Waals surface area contributed by atoms with Gasteiger partial charge in [-0.3, -0.25) is 9.36 Å². The van der Waals surface area contributed by atoms with Gasteiger partial charge in [0, 0.05) is 46.8 Å². The second-order valence-electron chi connectivity index (χ2n) is 9.52. The Balaban J connectivity index is 1.59. The van der Waals surface area contributed by atoms with Gasteiger partial charge in [0.25, 0.3) is 0 Å². The number of methoxy groups -OCH3 is 2. The fourth-order valence-electron chi connectivity index (χ4n) is 4.05. The van der Waals surface area contributed by atoms with Gasteiger partial charge in [0.1, 0.15) is 29.7 Å². The quantitative estimate of drug-likeness (QED) is 0.261. The number of anilines is 1. The molecule has 0 saturated carbocycles. The third-order valence-electron chi connectivity index (χ3n) is 6.22. The van der Waals surface area contributed by atoms with Crippen LogP contribution < -0.4 is 20.1 Å². The number of ether oxygens (including phenoxy) is 2. The molecule has 0 aliphatic rings. The smallest absolute Gasteiger partial charge is 0.244 e. The molecule has 10 heteroatoms. The highest BCUT2D eigenvalue weighted by atomic mass is 32.2. The van der Waals surface area contributed by atoms with Crippen molar-refractivity contribution >= 4 is 23.5 Å². The van der Waals surface area contributed by atoms with Gasteiger partial charge in [-0.2, -0.15) is 4.98 Å². The van der Waals surface area contributed by atoms with Crippen LogP contribution in [-0.4, -0.2) is 50.4 Å². The number of carbonyl (C=O) groups excluding carboxylic acids is 1. The Bertz CT molecular complexity index is 1380. The monoisotopic (exact) mass is 546 g/mol. The van der Waals surface area contributed by atoms with Crippen molar-refractivity contribution in [2.75, 3.05) is 19.5 Å². The van der Waals surface area contributed by atoms with Crippen molar-refractivity contribution in [1.29, 1.82) is 0 Å². The molecule has 2 heterocycles. The van der Waals surface area contributed by atoms with E-state index in [2.05, 4.69) is 51.6 Å². The van der Waals surface area contributed by atoms with Gasteiger partial charge < -0.3 is 20.1 Å². The molecule has 1 amide bonds. The summed E-state index contributed by atoms with van der Waals surface area (Å²) in [5.41, 5.74) is 2.78. The molecule has 2 aromatic carbocycles. The molecule has 0 bridgehead atoms. The standard InChI is InChI=1S/C29H34N6O3S/c1-20-15-25(34-28(32-20)35-14-13-30-19-35)33-26(29(2,3)39-18-21-9-7-6-8-10-21)27(36)31-17-22-16-23(37-4)11-12-24(22)38-5/h6-16,19,26H,17-18H2,1-5H3,(H,31,36)(H,32,33,34). The zero-order valence-corrected chi connectivity index (χ0v) is 23.7. The maximum atomic E-state index is 13.8. The number of nitrogens with one attached hydrogen (secondary N) is 2. The average Bonchev–Trinajstić information content (AvgIpc) is 3.49. The number of aryl methyl sites for hydroxylation is 1. The fraction of sp³-hybridized carbons (Fsp3) is 0.310. The minimum absolute atomic E-state index is 0.161. The summed E-state index contributed by atoms with van der Waals surface area (Å²) >= 11 is 1.70. The van der Waals surface area contributed by atoms with Crippen LogP contribution in [-0.2, 0) is 17.1 Å². The molecule has 204 valence electrons. The first kappa shape index (κ1) is 28.0. The van der Waals surface area contributed by atoms with E-state index < -0.39 is 10.8 Å². The minimum Gasteiger partial charge on any atom is -0.497 e. The Morgan fingerprint density at radius 1 is 1.08 bits per heavy atom. The summed E-state index contributed by atoms with van der Waals surface area (Å²) in [6.45, 7) is 6.30. The number of hydrogen-bond acceptors (Lipinski definition) is 8. The number of imidazole rings is 1. The summed E-state index contributed by atoms with van der Waals surface area (Å²) in [7, 11) is 3.22. The number of nitrogens with zero attached hydrogens (tertiary/aromatic N) is 4. The van der Waals surface area contributed by atoms with Crippen LogP contribution >= 0.6 is 11.8 Å². The maximum absolute atomic E-state index is 13.8. The van der Waals surface area contributed by atoms with Gasteiger partial charge in [-0.15, -0.1) is 11.8 Å². The normalized spacial score (nSPS) is 12.0. The molecule has 1 atom stereocenters. The van der Waals surface area contributed by atoms with Crippen LogP contribution in [0.3, 0.4) is 0 Å². The molecular weight excluding hydrogens is 512 g/mol. The van der Waals surface area contributed by atoms with Gasteiger partial charge >= 0.3 is 0 Å². The number of hydrogen-bond donors (Lipinski definition) is 2. The topological polar surface area (TPSA) is 103 Å². The summed E-state index contributed by atoms with van der Waals surface area (Å²) in [6.07, 6.45) is 5.10. The third kappa shape index (κ3) is 7.29. The van der Waals surface area contributed by atoms with Crippen LogP contribution in [0.4, 0.5) is 5.82 Å². The third-order valence-corrected chi connectivity index (χ3v) is 7.68. The summed E-state index contributed by atoms with van der Waals surface area (Å²) in [6, 6.07) is 17.0. The first-order valence-electron chi connectivity index (χ1n) is 12.6. The fourth-order valence-corrected chi connectivity index (χ4v) is 5.12. The number of amides is 1. The van der Waals surface area contributed by atoms with Gasteiger partial charge in [0.15, 0.2) is 0 Å². The van der Waals surface area contributed by atoms with Crippen molar-refractivity contribution in [3.05, 3.63) is 90.1 Å². The van der Waals surface area contributed by atoms with E-state index in [1.807, 2.05) is 49.4 Å². The second-order valence-corrected chi connectivity index (χ2v) is 11.1. The molecule has 39 heavy (non-hydrogen) atoms. The summed E-state index contributed by atoms with van der Waals surface area (Å²) in [5.74, 6) is 2.99. The highest BCUT2D eigenvalue weighted by molar-refractivity contribution is 7.99. The number of benzene rings is 2. The molecule has 4 aromatic rings. The van der Waals surface area contributed by atoms with E-state index in [0.29, 0.717) is 23.3 Å². The Morgan fingerprint density at radius 2 is 1.87 bits per heavy atom. The summed E-state index contributed by atoms with van der Waals surface area (Å²) in [5, 5.41) is 6.51. The first-order chi connectivity index (χ1) is 18.8. The van der Waals surface area contributed by atoms with Crippen molar-refractivity contribution in [1.82, 2.24) is 24.8 Å². The molecule has 4 rings (SSSR count). The van der Waals surface area contributed by atoms with Crippen LogP contribution in [0.15, 0.2) is 73.3 Å². The van der Waals surface area contributed by atoms with Gasteiger partial charge in [-0.05, 0) is 44.5 Å². The van der Waals surface area contributed by atoms with Crippen molar-refractivity contribution in [3.8, 4) is 17.4 Å². The van der Waals surface area contributed by atoms with E-state index in [9.17, 15) is 4.79 Å². The average molecular weight is 547 g/mol. The van der Waals surface area contributed by atoms with Crippen LogP contribution in [0.2, 0.25) is 0 Å². The molecule has 0 fully saturated rings. The number of rotatable bonds is 12. The maximum Gasteiger partial charge on any atom is 0.244 e. The van der Waals surface area contributed by atoms with Crippen molar-refractivity contribution in [2.24, 2.45) is 0 Å². The SMILES string of the molecule is COc1ccc(OC)c(CNC(=O)C(Nc2cc(C)nc(-n3ccnc3)n2)C(C)(C)SCc2ccccc2)c1. The lowest BCUT2D eigenvalue weighted by Gasteiger charge is -2.34. The zero-order chi connectivity index (χ0) is 27.8. The second kappa shape index (κ2) is 12.7. The lowest BCUT2D eigenvalue weighted by atomic mass is 10.0. The minimum atomic E-state index is -0.618. The molecule has 0 saturated heterocycles. The number of aromatic nitrogens is 4. The van der Waals surface area contributed by atoms with Gasteiger partial charge in [-0.1, -0.05) is 30.3 Å². The Morgan fingerprint density at radius 3 is 2.56 bits per heavy atom. The molecule has 0 aliphatic heterocycles. The first-order valence-corrected chi connectivity index (χ1v) is 13.5. The van der Waals surface area contributed by atoms with Gasteiger partial charge in [0.05, 0.1) is 14.2 Å². The van der Waals surface area contributed by atoms with Crippen molar-refractivity contribution in [3.63, 3.8) is 0 Å². The molecule has 0 aliphatic carbocycles. The molecule has 2 N–H and O–H groups in total. The van der Waals surface area contributed by atoms with Crippen LogP contribution in [0.5, 0.6) is 11.5 Å². The molecule has 0 radical (unpaired) electrons. The Kier molecular flexibility index (Phi) is 9.08. The lowest BCUT2D eigenvalue weighted by molar-refractivity contribution is -0.122. The van der Waals surface area contributed by atoms with E-state index in [1.54, 1.807) is 49.3 Å². The Labute approximate surface area is 233 Å². The number of thioether (sulfide) groups is 1. The largest absolute Gasteiger partial charge is 0.497 e. The predicted molar refractivity (Wildman–Crippen MR) is 155 cm³/mol. The van der Waals surface area contributed by atoms with Crippen LogP contribution in [0, 0.1) is 6.92 Å². The van der Waals surface area contributed by atoms with Gasteiger partial charge in [-0.25, -0.2) is 9.97 Å². The molecule has 2 aromatic heterocycles. The zero-order valence-electron chi connectivity index (χ0n) is 22.8. The van der Waals surface area contributed by atoms with Gasteiger partial charge in [0.2, 0.25) is 11.9 Å². The van der Waals surface area contributed by atoms with Crippen LogP contribution in [0.25, 0.3) is 5.95 Å². The highest BCUT2D eigenvalue weighted by Gasteiger charge is 2.36. The molecule has 9 nitrogen and oxygen atoms in total. The molecule has 0 spiro atoms. The molecular formula is C29H34N6O3S. The summed E-state index contributed by atoms with van der Waals surface area (Å²) < 4.78 is 12.1. The Hall–Kier alpha value is -4.05.